The number of fused-ring (bicyclic) bond motifs is 1. The number of hydrogen-bond donors (Lipinski definition) is 0. The van der Waals surface area contributed by atoms with Gasteiger partial charge in [-0.2, -0.15) is 0 Å². The van der Waals surface area contributed by atoms with Crippen LogP contribution in [-0.4, -0.2) is 24.1 Å². The minimum Gasteiger partial charge on any atom is -0.445 e. The van der Waals surface area contributed by atoms with E-state index >= 15 is 0 Å². The summed E-state index contributed by atoms with van der Waals surface area (Å²) in [4.78, 5) is 14.5. The lowest BCUT2D eigenvalue weighted by Gasteiger charge is -2.43. The average Bonchev–Trinajstić information content (AvgIpc) is 2.84. The molecule has 0 radical (unpaired) electrons. The van der Waals surface area contributed by atoms with Crippen LogP contribution >= 0.6 is 0 Å². The summed E-state index contributed by atoms with van der Waals surface area (Å²) in [6, 6.07) is 27.5. The van der Waals surface area contributed by atoms with Gasteiger partial charge in [-0.25, -0.2) is 4.79 Å². The van der Waals surface area contributed by atoms with Crippen molar-refractivity contribution in [1.29, 1.82) is 0 Å². The molecule has 1 fully saturated rings. The largest absolute Gasteiger partial charge is 0.445 e. The summed E-state index contributed by atoms with van der Waals surface area (Å²) < 4.78 is 5.57. The lowest BCUT2D eigenvalue weighted by Crippen LogP contribution is -2.44. The van der Waals surface area contributed by atoms with Gasteiger partial charge in [-0.15, -0.1) is 0 Å². The second-order valence-corrected chi connectivity index (χ2v) is 9.15. The van der Waals surface area contributed by atoms with Crippen LogP contribution in [0.4, 0.5) is 4.79 Å². The number of piperidine rings is 1. The summed E-state index contributed by atoms with van der Waals surface area (Å²) >= 11 is 0. The van der Waals surface area contributed by atoms with Crippen LogP contribution in [0, 0.1) is 12.3 Å². The third kappa shape index (κ3) is 4.20. The van der Waals surface area contributed by atoms with Gasteiger partial charge in [-0.05, 0) is 59.4 Å². The lowest BCUT2D eigenvalue weighted by atomic mass is 9.67. The number of ether oxygens (including phenoxy) is 1. The van der Waals surface area contributed by atoms with Gasteiger partial charge >= 0.3 is 6.09 Å². The summed E-state index contributed by atoms with van der Waals surface area (Å²) in [5, 5.41) is 0. The molecule has 1 amide bonds. The van der Waals surface area contributed by atoms with Crippen LogP contribution in [0.3, 0.4) is 0 Å². The van der Waals surface area contributed by atoms with Gasteiger partial charge in [0.1, 0.15) is 6.61 Å². The topological polar surface area (TPSA) is 29.5 Å². The molecule has 5 rings (SSSR count). The Labute approximate surface area is 190 Å². The van der Waals surface area contributed by atoms with Crippen molar-refractivity contribution in [2.24, 2.45) is 5.41 Å². The number of rotatable bonds is 3. The van der Waals surface area contributed by atoms with Crippen molar-refractivity contribution >= 4 is 11.7 Å². The fourth-order valence-electron chi connectivity index (χ4n) is 4.99. The zero-order valence-electron chi connectivity index (χ0n) is 18.6. The second-order valence-electron chi connectivity index (χ2n) is 9.15. The highest BCUT2D eigenvalue weighted by Crippen LogP contribution is 2.45. The normalized spacial score (nSPS) is 16.9. The summed E-state index contributed by atoms with van der Waals surface area (Å²) in [5.74, 6) is 0. The monoisotopic (exact) mass is 423 g/mol. The first-order valence-corrected chi connectivity index (χ1v) is 11.5. The number of nitrogens with zero attached hydrogens (tertiary/aromatic N) is 1. The van der Waals surface area contributed by atoms with Gasteiger partial charge in [0.2, 0.25) is 0 Å². The molecule has 0 aromatic heterocycles. The predicted molar refractivity (Wildman–Crippen MR) is 128 cm³/mol. The fourth-order valence-corrected chi connectivity index (χ4v) is 4.99. The van der Waals surface area contributed by atoms with Crippen LogP contribution in [0.5, 0.6) is 0 Å². The molecule has 3 heteroatoms. The molecule has 3 nitrogen and oxygen atoms in total. The van der Waals surface area contributed by atoms with Gasteiger partial charge in [0.25, 0.3) is 0 Å². The number of carbonyl (C=O) groups excluding carboxylic acids is 1. The van der Waals surface area contributed by atoms with Crippen LogP contribution in [-0.2, 0) is 17.8 Å². The van der Waals surface area contributed by atoms with Crippen molar-refractivity contribution in [3.63, 3.8) is 0 Å². The Balaban J connectivity index is 1.33. The van der Waals surface area contributed by atoms with Crippen LogP contribution in [0.15, 0.2) is 84.9 Å². The fraction of sp³-hybridized carbons (Fsp3) is 0.276. The first kappa shape index (κ1) is 20.6. The molecule has 0 bridgehead atoms. The molecule has 0 atom stereocenters. The van der Waals surface area contributed by atoms with E-state index in [1.54, 1.807) is 0 Å². The first-order valence-electron chi connectivity index (χ1n) is 11.5. The number of carbonyl (C=O) groups is 1. The third-order valence-corrected chi connectivity index (χ3v) is 6.89. The van der Waals surface area contributed by atoms with Crippen LogP contribution in [0.25, 0.3) is 5.57 Å². The zero-order chi connectivity index (χ0) is 22.0. The maximum atomic E-state index is 12.6. The summed E-state index contributed by atoms with van der Waals surface area (Å²) in [5.41, 5.74) is 7.72. The Morgan fingerprint density at radius 3 is 2.34 bits per heavy atom. The van der Waals surface area contributed by atoms with Crippen LogP contribution < -0.4 is 0 Å². The van der Waals surface area contributed by atoms with E-state index in [0.29, 0.717) is 6.61 Å². The van der Waals surface area contributed by atoms with Gasteiger partial charge in [-0.3, -0.25) is 0 Å². The zero-order valence-corrected chi connectivity index (χ0v) is 18.6. The minimum atomic E-state index is -0.206. The van der Waals surface area contributed by atoms with Crippen molar-refractivity contribution in [3.05, 3.63) is 113 Å². The number of likely N-dealkylation sites (tertiary alicyclic amines) is 1. The number of benzene rings is 3. The smallest absolute Gasteiger partial charge is 0.410 e. The van der Waals surface area contributed by atoms with E-state index in [9.17, 15) is 4.79 Å². The van der Waals surface area contributed by atoms with Crippen molar-refractivity contribution in [2.45, 2.75) is 32.8 Å². The molecule has 1 aliphatic carbocycles. The van der Waals surface area contributed by atoms with E-state index < -0.39 is 0 Å². The molecule has 32 heavy (non-hydrogen) atoms. The van der Waals surface area contributed by atoms with Gasteiger partial charge in [-0.1, -0.05) is 90.5 Å². The Bertz CT molecular complexity index is 1120. The molecule has 3 aromatic carbocycles. The molecule has 2 aliphatic rings. The molecule has 1 aliphatic heterocycles. The van der Waals surface area contributed by atoms with Crippen molar-refractivity contribution < 1.29 is 9.53 Å². The second kappa shape index (κ2) is 8.66. The van der Waals surface area contributed by atoms with Crippen molar-refractivity contribution in [3.8, 4) is 0 Å². The maximum Gasteiger partial charge on any atom is 0.410 e. The Morgan fingerprint density at radius 2 is 1.59 bits per heavy atom. The third-order valence-electron chi connectivity index (χ3n) is 6.89. The summed E-state index contributed by atoms with van der Waals surface area (Å²) in [6.45, 7) is 3.91. The molecular weight excluding hydrogens is 394 g/mol. The van der Waals surface area contributed by atoms with Gasteiger partial charge in [0.05, 0.1) is 0 Å². The maximum absolute atomic E-state index is 12.6. The molecule has 3 aromatic rings. The van der Waals surface area contributed by atoms with E-state index in [4.69, 9.17) is 4.74 Å². The molecule has 1 spiro atoms. The SMILES string of the molecule is Cc1ccc(C2=CC3(CCN(C(=O)OCc4ccccc4)CC3)Cc3ccccc32)cc1. The predicted octanol–water partition coefficient (Wildman–Crippen LogP) is 6.40. The molecule has 1 saturated heterocycles. The highest BCUT2D eigenvalue weighted by atomic mass is 16.6. The molecule has 0 N–H and O–H groups in total. The van der Waals surface area contributed by atoms with E-state index in [2.05, 4.69) is 61.5 Å². The van der Waals surface area contributed by atoms with Gasteiger partial charge in [0, 0.05) is 13.1 Å². The molecule has 1 heterocycles. The number of allylic oxidation sites excluding steroid dienone is 1. The summed E-state index contributed by atoms with van der Waals surface area (Å²) in [6.07, 6.45) is 5.23. The van der Waals surface area contributed by atoms with E-state index in [-0.39, 0.29) is 11.5 Å². The Hall–Kier alpha value is -3.33. The quantitative estimate of drug-likeness (QED) is 0.488. The van der Waals surface area contributed by atoms with Gasteiger partial charge in [0.15, 0.2) is 0 Å². The van der Waals surface area contributed by atoms with E-state index in [0.717, 1.165) is 37.9 Å². The minimum absolute atomic E-state index is 0.0881. The Morgan fingerprint density at radius 1 is 0.906 bits per heavy atom. The van der Waals surface area contributed by atoms with Crippen LogP contribution in [0.2, 0.25) is 0 Å². The molecular formula is C29H29NO2. The first-order chi connectivity index (χ1) is 15.6. The molecule has 162 valence electrons. The highest BCUT2D eigenvalue weighted by molar-refractivity contribution is 5.83. The number of hydrogen-bond acceptors (Lipinski definition) is 2. The number of amides is 1. The highest BCUT2D eigenvalue weighted by Gasteiger charge is 2.38. The summed E-state index contributed by atoms with van der Waals surface area (Å²) in [7, 11) is 0. The standard InChI is InChI=1S/C29H29NO2/c1-22-11-13-24(14-12-22)27-20-29(19-25-9-5-6-10-26(25)27)15-17-30(18-16-29)28(31)32-21-23-7-3-2-4-8-23/h2-14,20H,15-19,21H2,1H3. The Kier molecular flexibility index (Phi) is 5.57. The van der Waals surface area contributed by atoms with Crippen molar-refractivity contribution in [2.75, 3.05) is 13.1 Å². The lowest BCUT2D eigenvalue weighted by molar-refractivity contribution is 0.0722. The molecule has 0 saturated carbocycles. The van der Waals surface area contributed by atoms with E-state index in [1.165, 1.54) is 27.8 Å². The number of aryl methyl sites for hydroxylation is 1. The van der Waals surface area contributed by atoms with Crippen molar-refractivity contribution in [1.82, 2.24) is 4.90 Å². The molecule has 0 unspecified atom stereocenters. The van der Waals surface area contributed by atoms with Gasteiger partial charge < -0.3 is 9.64 Å². The van der Waals surface area contributed by atoms with Crippen LogP contribution in [0.1, 0.15) is 40.7 Å². The van der Waals surface area contributed by atoms with E-state index in [1.807, 2.05) is 35.2 Å². The average molecular weight is 424 g/mol.